The third kappa shape index (κ3) is 3.97. The highest BCUT2D eigenvalue weighted by molar-refractivity contribution is 9.10. The van der Waals surface area contributed by atoms with Gasteiger partial charge in [-0.2, -0.15) is 0 Å². The van der Waals surface area contributed by atoms with E-state index in [-0.39, 0.29) is 18.4 Å². The van der Waals surface area contributed by atoms with Crippen LogP contribution >= 0.6 is 27.3 Å². The smallest absolute Gasteiger partial charge is 0.268 e. The van der Waals surface area contributed by atoms with E-state index in [1.54, 1.807) is 24.3 Å². The normalized spacial score (nSPS) is 15.5. The topological polar surface area (TPSA) is 71.5 Å². The second kappa shape index (κ2) is 8.20. The van der Waals surface area contributed by atoms with Crippen LogP contribution in [0.2, 0.25) is 0 Å². The number of aromatic nitrogens is 1. The molecule has 2 amide bonds. The van der Waals surface area contributed by atoms with Gasteiger partial charge in [-0.15, -0.1) is 11.3 Å². The van der Waals surface area contributed by atoms with Crippen LogP contribution in [0.1, 0.15) is 16.8 Å². The summed E-state index contributed by atoms with van der Waals surface area (Å²) in [5.41, 5.74) is 2.99. The molecule has 1 N–H and O–H groups in total. The zero-order valence-electron chi connectivity index (χ0n) is 16.7. The summed E-state index contributed by atoms with van der Waals surface area (Å²) in [6.07, 6.45) is -0.664. The summed E-state index contributed by atoms with van der Waals surface area (Å²) in [4.78, 5) is 32.8. The number of para-hydroxylation sites is 1. The largest absolute Gasteiger partial charge is 0.479 e. The predicted molar refractivity (Wildman–Crippen MR) is 122 cm³/mol. The van der Waals surface area contributed by atoms with E-state index in [1.807, 2.05) is 50.2 Å². The fourth-order valence-corrected chi connectivity index (χ4v) is 4.63. The minimum Gasteiger partial charge on any atom is -0.479 e. The van der Waals surface area contributed by atoms with Crippen molar-refractivity contribution in [1.82, 2.24) is 4.98 Å². The van der Waals surface area contributed by atoms with Crippen LogP contribution in [0.15, 0.2) is 46.9 Å². The molecule has 4 rings (SSSR count). The van der Waals surface area contributed by atoms with E-state index in [4.69, 9.17) is 4.74 Å². The number of benzene rings is 2. The molecule has 6 nitrogen and oxygen atoms in total. The Bertz CT molecular complexity index is 1140. The van der Waals surface area contributed by atoms with Gasteiger partial charge >= 0.3 is 0 Å². The highest BCUT2D eigenvalue weighted by atomic mass is 79.9. The summed E-state index contributed by atoms with van der Waals surface area (Å²) in [6.45, 7) is 5.56. The molecule has 0 spiro atoms. The van der Waals surface area contributed by atoms with E-state index in [1.165, 1.54) is 4.90 Å². The van der Waals surface area contributed by atoms with Crippen LogP contribution in [0.4, 0.5) is 11.4 Å². The molecule has 0 saturated carbocycles. The number of carbonyl (C=O) groups excluding carboxylic acids is 2. The SMILES string of the molecule is Cc1nc(-c2ccc3c(c2)N(CC(=O)Nc2ccccc2Br)C(=O)C(C)O3)c(C)s1. The number of rotatable bonds is 4. The number of ether oxygens (including phenoxy) is 1. The van der Waals surface area contributed by atoms with Gasteiger partial charge in [0.15, 0.2) is 6.10 Å². The number of carbonyl (C=O) groups is 2. The minimum atomic E-state index is -0.664. The summed E-state index contributed by atoms with van der Waals surface area (Å²) in [7, 11) is 0. The van der Waals surface area contributed by atoms with Crippen molar-refractivity contribution in [1.29, 1.82) is 0 Å². The van der Waals surface area contributed by atoms with E-state index in [9.17, 15) is 9.59 Å². The zero-order chi connectivity index (χ0) is 21.4. The third-order valence-corrected chi connectivity index (χ3v) is 6.37. The first-order valence-corrected chi connectivity index (χ1v) is 11.1. The van der Waals surface area contributed by atoms with Gasteiger partial charge in [0.05, 0.1) is 22.1 Å². The Morgan fingerprint density at radius 2 is 2.03 bits per heavy atom. The lowest BCUT2D eigenvalue weighted by atomic mass is 10.1. The highest BCUT2D eigenvalue weighted by Gasteiger charge is 2.33. The number of nitrogens with zero attached hydrogens (tertiary/aromatic N) is 2. The Hall–Kier alpha value is -2.71. The van der Waals surface area contributed by atoms with E-state index in [2.05, 4.69) is 26.2 Å². The van der Waals surface area contributed by atoms with Crippen LogP contribution in [0.25, 0.3) is 11.3 Å². The van der Waals surface area contributed by atoms with Crippen molar-refractivity contribution in [2.24, 2.45) is 0 Å². The maximum absolute atomic E-state index is 12.9. The number of fused-ring (bicyclic) bond motifs is 1. The summed E-state index contributed by atoms with van der Waals surface area (Å²) >= 11 is 5.05. The lowest BCUT2D eigenvalue weighted by Gasteiger charge is -2.33. The van der Waals surface area contributed by atoms with Crippen molar-refractivity contribution >= 4 is 50.5 Å². The molecule has 2 heterocycles. The number of amides is 2. The quantitative estimate of drug-likeness (QED) is 0.567. The van der Waals surface area contributed by atoms with Crippen LogP contribution in [0, 0.1) is 13.8 Å². The standard InChI is InChI=1S/C22H20BrN3O3S/c1-12-22(28)26(11-20(27)25-17-7-5-4-6-16(17)23)18-10-15(8-9-19(18)29-12)21-13(2)30-14(3)24-21/h4-10,12H,11H2,1-3H3,(H,25,27). The zero-order valence-corrected chi connectivity index (χ0v) is 19.1. The Morgan fingerprint density at radius 1 is 1.27 bits per heavy atom. The molecule has 0 fully saturated rings. The van der Waals surface area contributed by atoms with Crippen molar-refractivity contribution in [3.63, 3.8) is 0 Å². The molecule has 2 aromatic carbocycles. The first kappa shape index (κ1) is 20.6. The first-order valence-electron chi connectivity index (χ1n) is 9.44. The van der Waals surface area contributed by atoms with Crippen LogP contribution in [-0.2, 0) is 9.59 Å². The van der Waals surface area contributed by atoms with Crippen molar-refractivity contribution in [3.05, 3.63) is 56.8 Å². The van der Waals surface area contributed by atoms with Crippen molar-refractivity contribution < 1.29 is 14.3 Å². The number of hydrogen-bond acceptors (Lipinski definition) is 5. The van der Waals surface area contributed by atoms with E-state index < -0.39 is 6.10 Å². The Labute approximate surface area is 187 Å². The molecule has 1 unspecified atom stereocenters. The van der Waals surface area contributed by atoms with Gasteiger partial charge in [0.25, 0.3) is 5.91 Å². The second-order valence-corrected chi connectivity index (χ2v) is 9.29. The molecule has 0 radical (unpaired) electrons. The minimum absolute atomic E-state index is 0.112. The fourth-order valence-electron chi connectivity index (χ4n) is 3.41. The van der Waals surface area contributed by atoms with Crippen molar-refractivity contribution in [2.75, 3.05) is 16.8 Å². The molecular weight excluding hydrogens is 466 g/mol. The van der Waals surface area contributed by atoms with Gasteiger partial charge in [0.2, 0.25) is 5.91 Å². The molecule has 1 aliphatic heterocycles. The first-order chi connectivity index (χ1) is 14.3. The van der Waals surface area contributed by atoms with Gasteiger partial charge in [-0.3, -0.25) is 14.5 Å². The average molecular weight is 486 g/mol. The average Bonchev–Trinajstić information content (AvgIpc) is 3.05. The summed E-state index contributed by atoms with van der Waals surface area (Å²) in [5, 5.41) is 3.83. The molecule has 3 aromatic rings. The van der Waals surface area contributed by atoms with Gasteiger partial charge in [-0.25, -0.2) is 4.98 Å². The number of anilines is 2. The van der Waals surface area contributed by atoms with Gasteiger partial charge < -0.3 is 10.1 Å². The Balaban J connectivity index is 1.66. The molecule has 0 bridgehead atoms. The molecule has 1 atom stereocenters. The van der Waals surface area contributed by atoms with E-state index in [0.717, 1.165) is 25.6 Å². The Kier molecular flexibility index (Phi) is 5.62. The second-order valence-electron chi connectivity index (χ2n) is 7.03. The van der Waals surface area contributed by atoms with Crippen LogP contribution in [0.3, 0.4) is 0 Å². The highest BCUT2D eigenvalue weighted by Crippen LogP contribution is 2.38. The lowest BCUT2D eigenvalue weighted by molar-refractivity contribution is -0.127. The number of hydrogen-bond donors (Lipinski definition) is 1. The van der Waals surface area contributed by atoms with Crippen LogP contribution < -0.4 is 15.0 Å². The number of thiazole rings is 1. The monoisotopic (exact) mass is 485 g/mol. The van der Waals surface area contributed by atoms with Gasteiger partial charge in [0.1, 0.15) is 12.3 Å². The third-order valence-electron chi connectivity index (χ3n) is 4.79. The molecule has 0 saturated heterocycles. The van der Waals surface area contributed by atoms with Gasteiger partial charge in [0, 0.05) is 14.9 Å². The van der Waals surface area contributed by atoms with Crippen molar-refractivity contribution in [2.45, 2.75) is 26.9 Å². The van der Waals surface area contributed by atoms with Crippen LogP contribution in [0.5, 0.6) is 5.75 Å². The maximum atomic E-state index is 12.9. The number of nitrogens with one attached hydrogen (secondary N) is 1. The summed E-state index contributed by atoms with van der Waals surface area (Å²) < 4.78 is 6.55. The molecule has 0 aliphatic carbocycles. The van der Waals surface area contributed by atoms with Gasteiger partial charge in [-0.05, 0) is 67.0 Å². The molecular formula is C22H20BrN3O3S. The van der Waals surface area contributed by atoms with Crippen molar-refractivity contribution in [3.8, 4) is 17.0 Å². The summed E-state index contributed by atoms with van der Waals surface area (Å²) in [5.74, 6) is 0.0265. The van der Waals surface area contributed by atoms with Crippen LogP contribution in [-0.4, -0.2) is 29.4 Å². The fraction of sp³-hybridized carbons (Fsp3) is 0.227. The van der Waals surface area contributed by atoms with Gasteiger partial charge in [-0.1, -0.05) is 12.1 Å². The predicted octanol–water partition coefficient (Wildman–Crippen LogP) is 4.94. The lowest BCUT2D eigenvalue weighted by Crippen LogP contribution is -2.47. The maximum Gasteiger partial charge on any atom is 0.268 e. The number of halogens is 1. The molecule has 154 valence electrons. The van der Waals surface area contributed by atoms with E-state index in [0.29, 0.717) is 17.1 Å². The summed E-state index contributed by atoms with van der Waals surface area (Å²) in [6, 6.07) is 13.0. The molecule has 1 aromatic heterocycles. The number of aryl methyl sites for hydroxylation is 2. The molecule has 8 heteroatoms. The van der Waals surface area contributed by atoms with E-state index >= 15 is 0 Å². The molecule has 30 heavy (non-hydrogen) atoms. The molecule has 1 aliphatic rings. The Morgan fingerprint density at radius 3 is 2.73 bits per heavy atom.